The van der Waals surface area contributed by atoms with Crippen molar-refractivity contribution in [2.75, 3.05) is 0 Å². The van der Waals surface area contributed by atoms with Crippen molar-refractivity contribution >= 4 is 5.97 Å². The third-order valence-corrected chi connectivity index (χ3v) is 3.40. The fraction of sp³-hybridized carbons (Fsp3) is 0.533. The molecule has 0 spiro atoms. The van der Waals surface area contributed by atoms with Crippen molar-refractivity contribution in [3.8, 4) is 0 Å². The number of hydrogen-bond donors (Lipinski definition) is 2. The Bertz CT molecular complexity index is 494. The second kappa shape index (κ2) is 8.02. The summed E-state index contributed by atoms with van der Waals surface area (Å²) < 4.78 is 39.3. The highest BCUT2D eigenvalue weighted by molar-refractivity contribution is 5.67. The minimum atomic E-state index is -1.44. The molecule has 2 atom stereocenters. The molecule has 1 rings (SSSR count). The average Bonchev–Trinajstić information content (AvgIpc) is 2.37. The molecule has 0 saturated carbocycles. The van der Waals surface area contributed by atoms with E-state index in [1.807, 2.05) is 6.92 Å². The second-order valence-electron chi connectivity index (χ2n) is 5.43. The average molecular weight is 303 g/mol. The van der Waals surface area contributed by atoms with E-state index in [-0.39, 0.29) is 17.9 Å². The minimum absolute atomic E-state index is 0.0812. The number of rotatable bonds is 8. The monoisotopic (exact) mass is 303 g/mol. The van der Waals surface area contributed by atoms with Crippen molar-refractivity contribution in [1.82, 2.24) is 0 Å². The molecule has 6 heteroatoms. The molecule has 1 aromatic rings. The van der Waals surface area contributed by atoms with Gasteiger partial charge < -0.3 is 10.8 Å². The summed E-state index contributed by atoms with van der Waals surface area (Å²) in [5, 5.41) is 8.61. The van der Waals surface area contributed by atoms with Gasteiger partial charge in [-0.15, -0.1) is 0 Å². The summed E-state index contributed by atoms with van der Waals surface area (Å²) in [5.41, 5.74) is 5.84. The highest BCUT2D eigenvalue weighted by atomic mass is 19.2. The molecule has 21 heavy (non-hydrogen) atoms. The van der Waals surface area contributed by atoms with Crippen LogP contribution in [-0.4, -0.2) is 17.1 Å². The van der Waals surface area contributed by atoms with E-state index < -0.39 is 29.5 Å². The van der Waals surface area contributed by atoms with E-state index in [4.69, 9.17) is 10.8 Å². The van der Waals surface area contributed by atoms with E-state index in [9.17, 15) is 18.0 Å². The van der Waals surface area contributed by atoms with Crippen molar-refractivity contribution in [2.45, 2.75) is 45.1 Å². The maximum atomic E-state index is 13.4. The Morgan fingerprint density at radius 2 is 1.95 bits per heavy atom. The number of hydrogen-bond acceptors (Lipinski definition) is 2. The Morgan fingerprint density at radius 1 is 1.29 bits per heavy atom. The third-order valence-electron chi connectivity index (χ3n) is 3.40. The van der Waals surface area contributed by atoms with E-state index >= 15 is 0 Å². The molecular formula is C15H20F3NO2. The number of halogens is 3. The molecule has 0 aliphatic heterocycles. The zero-order chi connectivity index (χ0) is 16.0. The molecule has 118 valence electrons. The van der Waals surface area contributed by atoms with Gasteiger partial charge in [-0.3, -0.25) is 4.79 Å². The first-order chi connectivity index (χ1) is 9.81. The summed E-state index contributed by atoms with van der Waals surface area (Å²) in [5.74, 6) is -4.51. The van der Waals surface area contributed by atoms with Gasteiger partial charge in [0.1, 0.15) is 0 Å². The lowest BCUT2D eigenvalue weighted by Gasteiger charge is -2.15. The van der Waals surface area contributed by atoms with Gasteiger partial charge in [-0.25, -0.2) is 13.2 Å². The number of carbonyl (C=O) groups is 1. The lowest BCUT2D eigenvalue weighted by Crippen LogP contribution is -2.26. The maximum Gasteiger partial charge on any atom is 0.304 e. The van der Waals surface area contributed by atoms with E-state index in [0.29, 0.717) is 25.7 Å². The largest absolute Gasteiger partial charge is 0.481 e. The molecule has 0 heterocycles. The summed E-state index contributed by atoms with van der Waals surface area (Å²) in [6.07, 6.45) is 2.10. The van der Waals surface area contributed by atoms with Crippen molar-refractivity contribution in [3.05, 3.63) is 35.1 Å². The van der Waals surface area contributed by atoms with Crippen molar-refractivity contribution in [2.24, 2.45) is 11.7 Å². The van der Waals surface area contributed by atoms with Crippen LogP contribution in [0.4, 0.5) is 13.2 Å². The number of carboxylic acid groups (broad SMARTS) is 1. The molecule has 0 aliphatic rings. The molecule has 3 nitrogen and oxygen atoms in total. The fourth-order valence-electron chi connectivity index (χ4n) is 2.34. The van der Waals surface area contributed by atoms with Gasteiger partial charge in [-0.2, -0.15) is 0 Å². The number of aryl methyl sites for hydroxylation is 1. The highest BCUT2D eigenvalue weighted by Crippen LogP contribution is 2.20. The second-order valence-corrected chi connectivity index (χ2v) is 5.43. The third kappa shape index (κ3) is 5.75. The standard InChI is InChI=1S/C15H20F3NO2/c1-9(7-11(19)8-13(20)21)3-2-4-10-5-6-12(16)15(18)14(10)17/h5-6,9,11H,2-4,7-8,19H2,1H3,(H,20,21)/t9-,11+/m1/s1. The Balaban J connectivity index is 2.40. The molecule has 0 amide bonds. The molecule has 0 saturated heterocycles. The first-order valence-electron chi connectivity index (χ1n) is 6.91. The van der Waals surface area contributed by atoms with Crippen LogP contribution >= 0.6 is 0 Å². The SMILES string of the molecule is C[C@H](CCCc1ccc(F)c(F)c1F)C[C@H](N)CC(=O)O. The van der Waals surface area contributed by atoms with Gasteiger partial charge in [-0.1, -0.05) is 19.4 Å². The van der Waals surface area contributed by atoms with E-state index in [1.165, 1.54) is 6.07 Å². The predicted octanol–water partition coefficient (Wildman–Crippen LogP) is 3.25. The van der Waals surface area contributed by atoms with Crippen LogP contribution in [0.1, 0.15) is 38.2 Å². The van der Waals surface area contributed by atoms with Crippen LogP contribution in [0.5, 0.6) is 0 Å². The molecule has 0 fully saturated rings. The van der Waals surface area contributed by atoms with E-state index in [2.05, 4.69) is 0 Å². The molecule has 0 radical (unpaired) electrons. The van der Waals surface area contributed by atoms with Crippen LogP contribution in [-0.2, 0) is 11.2 Å². The van der Waals surface area contributed by atoms with E-state index in [1.54, 1.807) is 0 Å². The molecule has 0 bridgehead atoms. The zero-order valence-electron chi connectivity index (χ0n) is 11.9. The Morgan fingerprint density at radius 3 is 2.57 bits per heavy atom. The van der Waals surface area contributed by atoms with Gasteiger partial charge in [0.25, 0.3) is 0 Å². The number of aliphatic carboxylic acids is 1. The Labute approximate surface area is 122 Å². The lowest BCUT2D eigenvalue weighted by molar-refractivity contribution is -0.137. The van der Waals surface area contributed by atoms with E-state index in [0.717, 1.165) is 6.07 Å². The topological polar surface area (TPSA) is 63.3 Å². The molecule has 0 aromatic heterocycles. The van der Waals surface area contributed by atoms with Crippen LogP contribution in [0.2, 0.25) is 0 Å². The van der Waals surface area contributed by atoms with Gasteiger partial charge in [0.15, 0.2) is 17.5 Å². The number of benzene rings is 1. The molecule has 0 aliphatic carbocycles. The minimum Gasteiger partial charge on any atom is -0.481 e. The van der Waals surface area contributed by atoms with Crippen LogP contribution < -0.4 is 5.73 Å². The highest BCUT2D eigenvalue weighted by Gasteiger charge is 2.15. The Kier molecular flexibility index (Phi) is 6.68. The quantitative estimate of drug-likeness (QED) is 0.725. The maximum absolute atomic E-state index is 13.4. The smallest absolute Gasteiger partial charge is 0.304 e. The lowest BCUT2D eigenvalue weighted by atomic mass is 9.94. The van der Waals surface area contributed by atoms with Crippen LogP contribution in [0.25, 0.3) is 0 Å². The van der Waals surface area contributed by atoms with Gasteiger partial charge in [0, 0.05) is 6.04 Å². The summed E-state index contributed by atoms with van der Waals surface area (Å²) in [6, 6.07) is 1.76. The number of carboxylic acids is 1. The van der Waals surface area contributed by atoms with Crippen molar-refractivity contribution < 1.29 is 23.1 Å². The van der Waals surface area contributed by atoms with Crippen molar-refractivity contribution in [1.29, 1.82) is 0 Å². The van der Waals surface area contributed by atoms with Gasteiger partial charge in [-0.05, 0) is 36.8 Å². The number of nitrogens with two attached hydrogens (primary N) is 1. The first kappa shape index (κ1) is 17.5. The summed E-state index contributed by atoms with van der Waals surface area (Å²) in [6.45, 7) is 1.93. The van der Waals surface area contributed by atoms with Crippen molar-refractivity contribution in [3.63, 3.8) is 0 Å². The normalized spacial score (nSPS) is 14.0. The molecule has 1 aromatic carbocycles. The Hall–Kier alpha value is -1.56. The van der Waals surface area contributed by atoms with Crippen LogP contribution in [0.3, 0.4) is 0 Å². The zero-order valence-corrected chi connectivity index (χ0v) is 11.9. The van der Waals surface area contributed by atoms with Crippen LogP contribution in [0, 0.1) is 23.4 Å². The summed E-state index contributed by atoms with van der Waals surface area (Å²) in [7, 11) is 0. The summed E-state index contributed by atoms with van der Waals surface area (Å²) in [4.78, 5) is 10.5. The van der Waals surface area contributed by atoms with Gasteiger partial charge in [0.05, 0.1) is 6.42 Å². The molecular weight excluding hydrogens is 283 g/mol. The van der Waals surface area contributed by atoms with Gasteiger partial charge in [0.2, 0.25) is 0 Å². The fourth-order valence-corrected chi connectivity index (χ4v) is 2.34. The predicted molar refractivity (Wildman–Crippen MR) is 73.3 cm³/mol. The van der Waals surface area contributed by atoms with Crippen LogP contribution in [0.15, 0.2) is 12.1 Å². The first-order valence-corrected chi connectivity index (χ1v) is 6.91. The summed E-state index contributed by atoms with van der Waals surface area (Å²) >= 11 is 0. The molecule has 3 N–H and O–H groups in total. The molecule has 0 unspecified atom stereocenters. The van der Waals surface area contributed by atoms with Gasteiger partial charge >= 0.3 is 5.97 Å².